The minimum Gasteiger partial charge on any atom is -0.475 e. The van der Waals surface area contributed by atoms with Gasteiger partial charge in [0.15, 0.2) is 23.8 Å². The van der Waals surface area contributed by atoms with Gasteiger partial charge in [-0.3, -0.25) is 19.2 Å². The summed E-state index contributed by atoms with van der Waals surface area (Å²) >= 11 is 0. The largest absolute Gasteiger partial charge is 0.475 e. The second-order valence-electron chi connectivity index (χ2n) is 10.5. The van der Waals surface area contributed by atoms with Crippen LogP contribution in [-0.2, 0) is 28.7 Å². The van der Waals surface area contributed by atoms with Gasteiger partial charge in [-0.25, -0.2) is 4.99 Å². The summed E-state index contributed by atoms with van der Waals surface area (Å²) in [5, 5.41) is 0. The maximum absolute atomic E-state index is 13.8. The van der Waals surface area contributed by atoms with Crippen molar-refractivity contribution in [1.29, 1.82) is 0 Å². The van der Waals surface area contributed by atoms with E-state index in [2.05, 4.69) is 6.92 Å². The summed E-state index contributed by atoms with van der Waals surface area (Å²) in [6.45, 7) is 6.69. The summed E-state index contributed by atoms with van der Waals surface area (Å²) in [4.78, 5) is 55.4. The maximum Gasteiger partial charge on any atom is 0.303 e. The molecule has 1 aliphatic heterocycles. The lowest BCUT2D eigenvalue weighted by atomic mass is 9.46. The van der Waals surface area contributed by atoms with Crippen LogP contribution < -0.4 is 0 Å². The highest BCUT2D eigenvalue weighted by atomic mass is 16.5. The minimum atomic E-state index is -1.22. The van der Waals surface area contributed by atoms with Gasteiger partial charge >= 0.3 is 5.97 Å². The molecule has 0 bridgehead atoms. The SMILES string of the molecule is CC(=O)OCC(=O)[C@@]12N=C(C)O[C@@H]1C[C@H]1[C@@H]3CCC4=CC(=O)C=C[C@]4(C)[C@H]3C(=O)C[C@@]12C. The number of ether oxygens (including phenoxy) is 2. The molecular formula is C25H29NO6. The van der Waals surface area contributed by atoms with Gasteiger partial charge in [-0.15, -0.1) is 0 Å². The van der Waals surface area contributed by atoms with Crippen LogP contribution in [0.2, 0.25) is 0 Å². The number of fused-ring (bicyclic) bond motifs is 7. The average molecular weight is 440 g/mol. The van der Waals surface area contributed by atoms with Crippen LogP contribution in [0.5, 0.6) is 0 Å². The van der Waals surface area contributed by atoms with Gasteiger partial charge in [-0.2, -0.15) is 0 Å². The third-order valence-corrected chi connectivity index (χ3v) is 8.93. The van der Waals surface area contributed by atoms with Gasteiger partial charge in [-0.1, -0.05) is 25.5 Å². The number of esters is 1. The van der Waals surface area contributed by atoms with Crippen molar-refractivity contribution >= 4 is 29.2 Å². The van der Waals surface area contributed by atoms with E-state index in [1.807, 2.05) is 13.0 Å². The Bertz CT molecular complexity index is 1040. The van der Waals surface area contributed by atoms with Crippen LogP contribution in [0.1, 0.15) is 53.4 Å². The first-order chi connectivity index (χ1) is 15.0. The molecule has 7 nitrogen and oxygen atoms in total. The molecular weight excluding hydrogens is 410 g/mol. The summed E-state index contributed by atoms with van der Waals surface area (Å²) in [5.41, 5.74) is -1.36. The molecule has 0 radical (unpaired) electrons. The van der Waals surface area contributed by atoms with Crippen LogP contribution in [-0.4, -0.2) is 47.5 Å². The maximum atomic E-state index is 13.8. The van der Waals surface area contributed by atoms with Crippen molar-refractivity contribution in [3.63, 3.8) is 0 Å². The molecule has 0 N–H and O–H groups in total. The van der Waals surface area contributed by atoms with Crippen LogP contribution >= 0.6 is 0 Å². The van der Waals surface area contributed by atoms with Crippen molar-refractivity contribution in [3.05, 3.63) is 23.8 Å². The number of hydrogen-bond donors (Lipinski definition) is 0. The molecule has 0 aromatic heterocycles. The molecule has 32 heavy (non-hydrogen) atoms. The standard InChI is InChI=1S/C25H29NO6/c1-13-26-25(20(30)12-31-14(2)27)21(32-13)10-18-17-6-5-15-9-16(28)7-8-23(15,3)22(17)19(29)11-24(18,25)4/h7-9,17-18,21-22H,5-6,10-12H2,1-4H3/t17-,18-,21+,22+,23-,24-,25+/m0/s1. The molecule has 5 aliphatic rings. The molecule has 0 aromatic carbocycles. The molecule has 170 valence electrons. The fourth-order valence-corrected chi connectivity index (χ4v) is 7.67. The Balaban J connectivity index is 1.56. The number of carbonyl (C=O) groups excluding carboxylic acids is 4. The van der Waals surface area contributed by atoms with Crippen molar-refractivity contribution in [2.24, 2.45) is 33.6 Å². The zero-order valence-corrected chi connectivity index (χ0v) is 19.0. The van der Waals surface area contributed by atoms with Crippen molar-refractivity contribution in [2.45, 2.75) is 65.0 Å². The fourth-order valence-electron chi connectivity index (χ4n) is 7.67. The minimum absolute atomic E-state index is 0.0207. The third-order valence-electron chi connectivity index (χ3n) is 8.93. The quantitative estimate of drug-likeness (QED) is 0.627. The molecule has 0 spiro atoms. The Kier molecular flexibility index (Phi) is 4.47. The zero-order valence-electron chi connectivity index (χ0n) is 19.0. The first kappa shape index (κ1) is 21.3. The van der Waals surface area contributed by atoms with Crippen molar-refractivity contribution in [2.75, 3.05) is 6.61 Å². The molecule has 7 heteroatoms. The van der Waals surface area contributed by atoms with Crippen LogP contribution in [0.15, 0.2) is 28.8 Å². The van der Waals surface area contributed by atoms with Gasteiger partial charge < -0.3 is 9.47 Å². The molecule has 0 amide bonds. The van der Waals surface area contributed by atoms with Gasteiger partial charge in [0, 0.05) is 37.0 Å². The van der Waals surface area contributed by atoms with Gasteiger partial charge in [0.1, 0.15) is 11.9 Å². The monoisotopic (exact) mass is 439 g/mol. The summed E-state index contributed by atoms with van der Waals surface area (Å²) < 4.78 is 11.1. The smallest absolute Gasteiger partial charge is 0.303 e. The third kappa shape index (κ3) is 2.57. The number of nitrogens with zero attached hydrogens (tertiary/aromatic N) is 1. The number of carbonyl (C=O) groups is 4. The highest BCUT2D eigenvalue weighted by Gasteiger charge is 2.74. The summed E-state index contributed by atoms with van der Waals surface area (Å²) in [7, 11) is 0. The van der Waals surface area contributed by atoms with E-state index in [0.29, 0.717) is 12.3 Å². The van der Waals surface area contributed by atoms with E-state index in [1.54, 1.807) is 19.1 Å². The first-order valence-electron chi connectivity index (χ1n) is 11.4. The lowest BCUT2D eigenvalue weighted by Crippen LogP contribution is -2.61. The predicted octanol–water partition coefficient (Wildman–Crippen LogP) is 2.77. The number of ketones is 3. The van der Waals surface area contributed by atoms with Crippen LogP contribution in [0.25, 0.3) is 0 Å². The van der Waals surface area contributed by atoms with E-state index in [0.717, 1.165) is 18.4 Å². The number of aliphatic imine (C=N–C) groups is 1. The summed E-state index contributed by atoms with van der Waals surface area (Å²) in [6.07, 6.45) is 7.14. The molecule has 5 rings (SSSR count). The Hall–Kier alpha value is -2.57. The van der Waals surface area contributed by atoms with Gasteiger partial charge in [0.25, 0.3) is 0 Å². The second-order valence-corrected chi connectivity index (χ2v) is 10.5. The molecule has 3 fully saturated rings. The fraction of sp³-hybridized carbons (Fsp3) is 0.640. The zero-order chi connectivity index (χ0) is 23.1. The molecule has 0 unspecified atom stereocenters. The van der Waals surface area contributed by atoms with Crippen molar-refractivity contribution in [1.82, 2.24) is 0 Å². The highest BCUT2D eigenvalue weighted by Crippen LogP contribution is 2.68. The Morgan fingerprint density at radius 2 is 2.03 bits per heavy atom. The molecule has 1 heterocycles. The lowest BCUT2D eigenvalue weighted by Gasteiger charge is -2.56. The van der Waals surface area contributed by atoms with Crippen LogP contribution in [0.4, 0.5) is 0 Å². The lowest BCUT2D eigenvalue weighted by molar-refractivity contribution is -0.154. The normalized spacial score (nSPS) is 43.9. The number of Topliss-reactive ketones (excluding diaryl/α,β-unsaturated/α-hetero) is 2. The second kappa shape index (κ2) is 6.72. The van der Waals surface area contributed by atoms with Crippen molar-refractivity contribution in [3.8, 4) is 0 Å². The van der Waals surface area contributed by atoms with E-state index in [-0.39, 0.29) is 48.1 Å². The predicted molar refractivity (Wildman–Crippen MR) is 115 cm³/mol. The first-order valence-corrected chi connectivity index (χ1v) is 11.4. The summed E-state index contributed by atoms with van der Waals surface area (Å²) in [6, 6.07) is 0. The molecule has 7 atom stereocenters. The van der Waals surface area contributed by atoms with E-state index in [9.17, 15) is 19.2 Å². The number of rotatable bonds is 3. The molecule has 3 saturated carbocycles. The Morgan fingerprint density at radius 3 is 2.75 bits per heavy atom. The topological polar surface area (TPSA) is 99.1 Å². The average Bonchev–Trinajstić information content (AvgIpc) is 3.17. The number of allylic oxidation sites excluding steroid dienone is 4. The van der Waals surface area contributed by atoms with Crippen molar-refractivity contribution < 1.29 is 28.7 Å². The molecule has 0 aromatic rings. The van der Waals surface area contributed by atoms with E-state index in [1.165, 1.54) is 6.92 Å². The Morgan fingerprint density at radius 1 is 1.28 bits per heavy atom. The van der Waals surface area contributed by atoms with E-state index in [4.69, 9.17) is 14.5 Å². The Labute approximate surface area is 187 Å². The highest BCUT2D eigenvalue weighted by molar-refractivity contribution is 6.02. The van der Waals surface area contributed by atoms with Crippen LogP contribution in [0, 0.1) is 28.6 Å². The van der Waals surface area contributed by atoms with E-state index < -0.39 is 28.4 Å². The molecule has 4 aliphatic carbocycles. The van der Waals surface area contributed by atoms with Gasteiger partial charge in [-0.05, 0) is 43.3 Å². The van der Waals surface area contributed by atoms with E-state index >= 15 is 0 Å². The summed E-state index contributed by atoms with van der Waals surface area (Å²) in [5.74, 6) is -0.375. The van der Waals surface area contributed by atoms with Gasteiger partial charge in [0.05, 0.1) is 0 Å². The van der Waals surface area contributed by atoms with Crippen LogP contribution in [0.3, 0.4) is 0 Å². The van der Waals surface area contributed by atoms with Gasteiger partial charge in [0.2, 0.25) is 5.78 Å². The number of hydrogen-bond acceptors (Lipinski definition) is 7. The molecule has 0 saturated heterocycles.